The summed E-state index contributed by atoms with van der Waals surface area (Å²) in [5.41, 5.74) is 3.57. The van der Waals surface area contributed by atoms with Crippen LogP contribution in [0, 0.1) is 6.92 Å². The van der Waals surface area contributed by atoms with E-state index >= 15 is 0 Å². The van der Waals surface area contributed by atoms with Crippen LogP contribution in [-0.2, 0) is 12.3 Å². The van der Waals surface area contributed by atoms with Gasteiger partial charge in [0.05, 0.1) is 29.4 Å². The number of hydrogen-bond acceptors (Lipinski definition) is 5. The fourth-order valence-corrected chi connectivity index (χ4v) is 4.56. The van der Waals surface area contributed by atoms with Crippen molar-refractivity contribution in [3.8, 4) is 11.4 Å². The molecule has 0 spiro atoms. The molecule has 0 aliphatic heterocycles. The number of carbonyl (C=O) groups is 1. The number of halogens is 2. The second-order valence-corrected chi connectivity index (χ2v) is 9.35. The van der Waals surface area contributed by atoms with E-state index in [2.05, 4.69) is 20.8 Å². The molecule has 4 aromatic rings. The minimum Gasteiger partial charge on any atom is -0.497 e. The SMILES string of the molecule is COc1cccc(CSc2nnc(CNC(=O)Nc3cccc(Cl)c3Cl)n2-c2ccc(C)cc2)c1. The Kier molecular flexibility index (Phi) is 8.17. The highest BCUT2D eigenvalue weighted by molar-refractivity contribution is 7.98. The number of nitrogens with one attached hydrogen (secondary N) is 2. The van der Waals surface area contributed by atoms with Crippen LogP contribution in [0.25, 0.3) is 5.69 Å². The third-order valence-corrected chi connectivity index (χ3v) is 6.92. The zero-order valence-electron chi connectivity index (χ0n) is 19.1. The molecule has 0 aliphatic carbocycles. The molecule has 0 aliphatic rings. The summed E-state index contributed by atoms with van der Waals surface area (Å²) >= 11 is 13.8. The van der Waals surface area contributed by atoms with Crippen molar-refractivity contribution in [2.45, 2.75) is 24.4 Å². The molecular weight excluding hydrogens is 505 g/mol. The molecule has 180 valence electrons. The topological polar surface area (TPSA) is 81.1 Å². The number of aromatic nitrogens is 3. The maximum absolute atomic E-state index is 12.5. The number of nitrogens with zero attached hydrogens (tertiary/aromatic N) is 3. The van der Waals surface area contributed by atoms with Crippen LogP contribution >= 0.6 is 35.0 Å². The van der Waals surface area contributed by atoms with Crippen molar-refractivity contribution >= 4 is 46.7 Å². The molecule has 7 nitrogen and oxygen atoms in total. The number of thioether (sulfide) groups is 1. The molecule has 1 aromatic heterocycles. The van der Waals surface area contributed by atoms with Crippen LogP contribution in [0.15, 0.2) is 71.9 Å². The number of urea groups is 1. The van der Waals surface area contributed by atoms with Crippen molar-refractivity contribution in [3.63, 3.8) is 0 Å². The number of hydrogen-bond donors (Lipinski definition) is 2. The van der Waals surface area contributed by atoms with Gasteiger partial charge in [-0.05, 0) is 48.9 Å². The van der Waals surface area contributed by atoms with Crippen LogP contribution in [0.5, 0.6) is 5.75 Å². The van der Waals surface area contributed by atoms with Crippen LogP contribution in [0.2, 0.25) is 10.0 Å². The molecule has 10 heteroatoms. The molecular formula is C25H23Cl2N5O2S. The van der Waals surface area contributed by atoms with E-state index in [1.165, 1.54) is 0 Å². The van der Waals surface area contributed by atoms with Crippen molar-refractivity contribution in [1.29, 1.82) is 0 Å². The fraction of sp³-hybridized carbons (Fsp3) is 0.160. The van der Waals surface area contributed by atoms with E-state index in [-0.39, 0.29) is 11.6 Å². The number of rotatable bonds is 8. The van der Waals surface area contributed by atoms with Crippen molar-refractivity contribution in [1.82, 2.24) is 20.1 Å². The van der Waals surface area contributed by atoms with Gasteiger partial charge in [0.2, 0.25) is 0 Å². The van der Waals surface area contributed by atoms with E-state index in [1.807, 2.05) is 60.0 Å². The summed E-state index contributed by atoms with van der Waals surface area (Å²) in [5.74, 6) is 2.08. The van der Waals surface area contributed by atoms with E-state index in [9.17, 15) is 4.79 Å². The van der Waals surface area contributed by atoms with Crippen molar-refractivity contribution in [2.75, 3.05) is 12.4 Å². The number of benzene rings is 3. The molecule has 0 radical (unpaired) electrons. The van der Waals surface area contributed by atoms with E-state index in [0.717, 1.165) is 22.6 Å². The summed E-state index contributed by atoms with van der Waals surface area (Å²) in [4.78, 5) is 12.5. The van der Waals surface area contributed by atoms with Crippen LogP contribution < -0.4 is 15.4 Å². The summed E-state index contributed by atoms with van der Waals surface area (Å²) in [6.45, 7) is 2.19. The summed E-state index contributed by atoms with van der Waals surface area (Å²) < 4.78 is 7.26. The van der Waals surface area contributed by atoms with E-state index < -0.39 is 6.03 Å². The van der Waals surface area contributed by atoms with Crippen molar-refractivity contribution in [3.05, 3.63) is 93.7 Å². The molecule has 4 rings (SSSR count). The summed E-state index contributed by atoms with van der Waals surface area (Å²) in [6.07, 6.45) is 0. The van der Waals surface area contributed by atoms with Gasteiger partial charge in [0.15, 0.2) is 11.0 Å². The molecule has 0 atom stereocenters. The Bertz CT molecular complexity index is 1330. The van der Waals surface area contributed by atoms with Crippen molar-refractivity contribution < 1.29 is 9.53 Å². The molecule has 0 fully saturated rings. The lowest BCUT2D eigenvalue weighted by atomic mass is 10.2. The lowest BCUT2D eigenvalue weighted by Crippen LogP contribution is -2.29. The van der Waals surface area contributed by atoms with Crippen LogP contribution in [0.3, 0.4) is 0 Å². The van der Waals surface area contributed by atoms with Gasteiger partial charge in [-0.3, -0.25) is 4.57 Å². The van der Waals surface area contributed by atoms with Gasteiger partial charge in [0.1, 0.15) is 5.75 Å². The van der Waals surface area contributed by atoms with Gasteiger partial charge < -0.3 is 15.4 Å². The number of methoxy groups -OCH3 is 1. The van der Waals surface area contributed by atoms with Crippen molar-refractivity contribution in [2.24, 2.45) is 0 Å². The number of ether oxygens (including phenoxy) is 1. The molecule has 0 bridgehead atoms. The molecule has 2 amide bonds. The van der Waals surface area contributed by atoms with Crippen LogP contribution in [0.1, 0.15) is 17.0 Å². The van der Waals surface area contributed by atoms with Gasteiger partial charge in [-0.2, -0.15) is 0 Å². The predicted molar refractivity (Wildman–Crippen MR) is 141 cm³/mol. The number of carbonyl (C=O) groups excluding carboxylic acids is 1. The van der Waals surface area contributed by atoms with Gasteiger partial charge in [-0.25, -0.2) is 4.79 Å². The molecule has 0 saturated heterocycles. The zero-order chi connectivity index (χ0) is 24.8. The van der Waals surface area contributed by atoms with Gasteiger partial charge in [-0.1, -0.05) is 70.9 Å². The number of anilines is 1. The molecule has 0 saturated carbocycles. The highest BCUT2D eigenvalue weighted by atomic mass is 35.5. The Balaban J connectivity index is 1.52. The standard InChI is InChI=1S/C25H23Cl2N5O2S/c1-16-9-11-18(12-10-16)32-22(14-28-24(33)29-21-8-4-7-20(26)23(21)27)30-31-25(32)35-15-17-5-3-6-19(13-17)34-2/h3-13H,14-15H2,1-2H3,(H2,28,29,33). The highest BCUT2D eigenvalue weighted by Crippen LogP contribution is 2.30. The molecule has 35 heavy (non-hydrogen) atoms. The molecule has 0 unspecified atom stereocenters. The monoisotopic (exact) mass is 527 g/mol. The summed E-state index contributed by atoms with van der Waals surface area (Å²) in [5, 5.41) is 15.6. The maximum Gasteiger partial charge on any atom is 0.319 e. The second-order valence-electron chi connectivity index (χ2n) is 7.62. The average molecular weight is 528 g/mol. The Morgan fingerprint density at radius 3 is 2.60 bits per heavy atom. The quantitative estimate of drug-likeness (QED) is 0.255. The minimum atomic E-state index is -0.432. The normalized spacial score (nSPS) is 10.7. The predicted octanol–water partition coefficient (Wildman–Crippen LogP) is 6.51. The third-order valence-electron chi connectivity index (χ3n) is 5.10. The van der Waals surface area contributed by atoms with Gasteiger partial charge in [-0.15, -0.1) is 10.2 Å². The zero-order valence-corrected chi connectivity index (χ0v) is 21.4. The Morgan fingerprint density at radius 2 is 1.83 bits per heavy atom. The first-order valence-corrected chi connectivity index (χ1v) is 12.4. The first-order valence-electron chi connectivity index (χ1n) is 10.7. The fourth-order valence-electron chi connectivity index (χ4n) is 3.30. The molecule has 2 N–H and O–H groups in total. The number of amides is 2. The second kappa shape index (κ2) is 11.5. The first-order chi connectivity index (χ1) is 16.9. The Hall–Kier alpha value is -3.20. The van der Waals surface area contributed by atoms with Gasteiger partial charge in [0, 0.05) is 11.4 Å². The Morgan fingerprint density at radius 1 is 1.06 bits per heavy atom. The highest BCUT2D eigenvalue weighted by Gasteiger charge is 2.16. The summed E-state index contributed by atoms with van der Waals surface area (Å²) in [7, 11) is 1.65. The average Bonchev–Trinajstić information content (AvgIpc) is 3.27. The van der Waals surface area contributed by atoms with E-state index in [1.54, 1.807) is 37.1 Å². The van der Waals surface area contributed by atoms with E-state index in [0.29, 0.717) is 27.4 Å². The summed E-state index contributed by atoms with van der Waals surface area (Å²) in [6, 6.07) is 20.6. The minimum absolute atomic E-state index is 0.157. The lowest BCUT2D eigenvalue weighted by molar-refractivity contribution is 0.251. The van der Waals surface area contributed by atoms with E-state index in [4.69, 9.17) is 27.9 Å². The molecule has 3 aromatic carbocycles. The lowest BCUT2D eigenvalue weighted by Gasteiger charge is -2.12. The van der Waals surface area contributed by atoms with Gasteiger partial charge >= 0.3 is 6.03 Å². The smallest absolute Gasteiger partial charge is 0.319 e. The number of aryl methyl sites for hydroxylation is 1. The van der Waals surface area contributed by atoms with Crippen LogP contribution in [0.4, 0.5) is 10.5 Å². The van der Waals surface area contributed by atoms with Crippen LogP contribution in [-0.4, -0.2) is 27.9 Å². The molecule has 1 heterocycles. The Labute approximate surface area is 217 Å². The maximum atomic E-state index is 12.5. The first kappa shape index (κ1) is 24.9. The van der Waals surface area contributed by atoms with Gasteiger partial charge in [0.25, 0.3) is 0 Å². The largest absolute Gasteiger partial charge is 0.497 e. The third kappa shape index (κ3) is 6.28.